The van der Waals surface area contributed by atoms with Gasteiger partial charge in [0.2, 0.25) is 0 Å². The van der Waals surface area contributed by atoms with Crippen LogP contribution < -0.4 is 5.76 Å². The summed E-state index contributed by atoms with van der Waals surface area (Å²) < 4.78 is 9.69. The SMILES string of the molecule is COC(=O)CCCc1oc(=O)[nH]c1-c1ccc(Cl)cc1. The molecule has 2 aromatic rings. The molecular formula is C14H14ClNO4. The Morgan fingerprint density at radius 1 is 1.35 bits per heavy atom. The molecule has 0 bridgehead atoms. The van der Waals surface area contributed by atoms with Crippen molar-refractivity contribution in [3.05, 3.63) is 45.6 Å². The van der Waals surface area contributed by atoms with E-state index in [2.05, 4.69) is 9.72 Å². The van der Waals surface area contributed by atoms with E-state index in [1.54, 1.807) is 24.3 Å². The molecule has 0 aliphatic heterocycles. The summed E-state index contributed by atoms with van der Waals surface area (Å²) in [5, 5.41) is 0.617. The molecule has 0 saturated carbocycles. The number of ether oxygens (including phenoxy) is 1. The molecule has 0 aliphatic rings. The largest absolute Gasteiger partial charge is 0.469 e. The second-order valence-corrected chi connectivity index (χ2v) is 4.69. The summed E-state index contributed by atoms with van der Waals surface area (Å²) in [4.78, 5) is 25.1. The van der Waals surface area contributed by atoms with E-state index in [1.165, 1.54) is 7.11 Å². The number of esters is 1. The maximum absolute atomic E-state index is 11.4. The lowest BCUT2D eigenvalue weighted by Gasteiger charge is -2.02. The lowest BCUT2D eigenvalue weighted by Crippen LogP contribution is -2.00. The number of carbonyl (C=O) groups excluding carboxylic acids is 1. The van der Waals surface area contributed by atoms with Crippen LogP contribution in [0, 0.1) is 0 Å². The third-order valence-electron chi connectivity index (χ3n) is 2.87. The standard InChI is InChI=1S/C14H14ClNO4/c1-19-12(17)4-2-3-11-13(16-14(18)20-11)9-5-7-10(15)8-6-9/h5-8H,2-4H2,1H3,(H,16,18). The Hall–Kier alpha value is -2.01. The van der Waals surface area contributed by atoms with Crippen LogP contribution in [0.1, 0.15) is 18.6 Å². The van der Waals surface area contributed by atoms with Crippen molar-refractivity contribution in [2.24, 2.45) is 0 Å². The first-order chi connectivity index (χ1) is 9.60. The zero-order valence-corrected chi connectivity index (χ0v) is 11.7. The highest BCUT2D eigenvalue weighted by Gasteiger charge is 2.12. The first-order valence-corrected chi connectivity index (χ1v) is 6.52. The van der Waals surface area contributed by atoms with Crippen molar-refractivity contribution >= 4 is 17.6 Å². The second-order valence-electron chi connectivity index (χ2n) is 4.25. The summed E-state index contributed by atoms with van der Waals surface area (Å²) in [6, 6.07) is 7.07. The van der Waals surface area contributed by atoms with Crippen molar-refractivity contribution in [3.8, 4) is 11.3 Å². The van der Waals surface area contributed by atoms with Gasteiger partial charge in [-0.2, -0.15) is 0 Å². The monoisotopic (exact) mass is 295 g/mol. The van der Waals surface area contributed by atoms with Crippen LogP contribution in [0.2, 0.25) is 5.02 Å². The van der Waals surface area contributed by atoms with Crippen LogP contribution in [0.3, 0.4) is 0 Å². The number of methoxy groups -OCH3 is 1. The molecule has 0 aliphatic carbocycles. The highest BCUT2D eigenvalue weighted by molar-refractivity contribution is 6.30. The second kappa shape index (κ2) is 6.43. The van der Waals surface area contributed by atoms with Gasteiger partial charge in [0, 0.05) is 23.4 Å². The van der Waals surface area contributed by atoms with Gasteiger partial charge in [-0.15, -0.1) is 0 Å². The van der Waals surface area contributed by atoms with Crippen molar-refractivity contribution in [3.63, 3.8) is 0 Å². The van der Waals surface area contributed by atoms with Crippen molar-refractivity contribution in [2.45, 2.75) is 19.3 Å². The van der Waals surface area contributed by atoms with Crippen molar-refractivity contribution in [1.82, 2.24) is 4.98 Å². The Bertz CT molecular complexity index is 642. The van der Waals surface area contributed by atoms with E-state index in [-0.39, 0.29) is 12.4 Å². The number of aryl methyl sites for hydroxylation is 1. The number of oxazole rings is 1. The van der Waals surface area contributed by atoms with Crippen LogP contribution >= 0.6 is 11.6 Å². The smallest absolute Gasteiger partial charge is 0.416 e. The van der Waals surface area contributed by atoms with E-state index in [4.69, 9.17) is 16.0 Å². The van der Waals surface area contributed by atoms with E-state index >= 15 is 0 Å². The van der Waals surface area contributed by atoms with E-state index in [9.17, 15) is 9.59 Å². The molecular weight excluding hydrogens is 282 g/mol. The van der Waals surface area contributed by atoms with Crippen LogP contribution in [0.4, 0.5) is 0 Å². The Labute approximate surface area is 120 Å². The van der Waals surface area contributed by atoms with Crippen molar-refractivity contribution in [2.75, 3.05) is 7.11 Å². The third-order valence-corrected chi connectivity index (χ3v) is 3.12. The number of aromatic nitrogens is 1. The Morgan fingerprint density at radius 3 is 2.70 bits per heavy atom. The fourth-order valence-corrected chi connectivity index (χ4v) is 2.01. The molecule has 20 heavy (non-hydrogen) atoms. The highest BCUT2D eigenvalue weighted by atomic mass is 35.5. The van der Waals surface area contributed by atoms with E-state index in [0.717, 1.165) is 5.56 Å². The molecule has 2 rings (SSSR count). The average molecular weight is 296 g/mol. The minimum atomic E-state index is -0.511. The van der Waals surface area contributed by atoms with Crippen molar-refractivity contribution < 1.29 is 13.9 Å². The zero-order valence-electron chi connectivity index (χ0n) is 10.9. The fraction of sp³-hybridized carbons (Fsp3) is 0.286. The molecule has 0 saturated heterocycles. The number of rotatable bonds is 5. The molecule has 0 radical (unpaired) electrons. The predicted octanol–water partition coefficient (Wildman–Crippen LogP) is 2.78. The van der Waals surface area contributed by atoms with Gasteiger partial charge in [-0.05, 0) is 18.6 Å². The van der Waals surface area contributed by atoms with Crippen LogP contribution in [-0.2, 0) is 16.0 Å². The van der Waals surface area contributed by atoms with Crippen LogP contribution in [0.5, 0.6) is 0 Å². The lowest BCUT2D eigenvalue weighted by atomic mass is 10.1. The van der Waals surface area contributed by atoms with Gasteiger partial charge in [-0.25, -0.2) is 4.79 Å². The molecule has 0 unspecified atom stereocenters. The fourth-order valence-electron chi connectivity index (χ4n) is 1.88. The first kappa shape index (κ1) is 14.4. The minimum Gasteiger partial charge on any atom is -0.469 e. The average Bonchev–Trinajstić information content (AvgIpc) is 2.80. The summed E-state index contributed by atoms with van der Waals surface area (Å²) in [5.74, 6) is -0.264. The van der Waals surface area contributed by atoms with E-state index in [0.29, 0.717) is 29.3 Å². The van der Waals surface area contributed by atoms with Crippen LogP contribution in [0.25, 0.3) is 11.3 Å². The number of hydrogen-bond donors (Lipinski definition) is 1. The maximum atomic E-state index is 11.4. The van der Waals surface area contributed by atoms with E-state index in [1.807, 2.05) is 0 Å². The highest BCUT2D eigenvalue weighted by Crippen LogP contribution is 2.23. The Balaban J connectivity index is 2.16. The number of halogens is 1. The molecule has 0 spiro atoms. The first-order valence-electron chi connectivity index (χ1n) is 6.15. The summed E-state index contributed by atoms with van der Waals surface area (Å²) in [5.41, 5.74) is 1.44. The lowest BCUT2D eigenvalue weighted by molar-refractivity contribution is -0.140. The molecule has 0 fully saturated rings. The number of H-pyrrole nitrogens is 1. The number of hydrogen-bond acceptors (Lipinski definition) is 4. The minimum absolute atomic E-state index is 0.282. The van der Waals surface area contributed by atoms with Gasteiger partial charge in [-0.3, -0.25) is 9.78 Å². The van der Waals surface area contributed by atoms with Gasteiger partial charge in [-0.1, -0.05) is 23.7 Å². The van der Waals surface area contributed by atoms with Crippen LogP contribution in [0.15, 0.2) is 33.5 Å². The van der Waals surface area contributed by atoms with Crippen molar-refractivity contribution in [1.29, 1.82) is 0 Å². The number of carbonyl (C=O) groups is 1. The van der Waals surface area contributed by atoms with Gasteiger partial charge in [0.05, 0.1) is 12.8 Å². The van der Waals surface area contributed by atoms with E-state index < -0.39 is 5.76 Å². The summed E-state index contributed by atoms with van der Waals surface area (Å²) in [7, 11) is 1.35. The molecule has 1 heterocycles. The quantitative estimate of drug-likeness (QED) is 0.861. The summed E-state index contributed by atoms with van der Waals surface area (Å²) in [6.45, 7) is 0. The Morgan fingerprint density at radius 2 is 2.05 bits per heavy atom. The summed E-state index contributed by atoms with van der Waals surface area (Å²) in [6.07, 6.45) is 1.31. The molecule has 0 atom stereocenters. The maximum Gasteiger partial charge on any atom is 0.416 e. The summed E-state index contributed by atoms with van der Waals surface area (Å²) >= 11 is 5.83. The molecule has 1 N–H and O–H groups in total. The zero-order chi connectivity index (χ0) is 14.5. The van der Waals surface area contributed by atoms with Gasteiger partial charge in [0.1, 0.15) is 5.76 Å². The number of benzene rings is 1. The van der Waals surface area contributed by atoms with Gasteiger partial charge < -0.3 is 9.15 Å². The van der Waals surface area contributed by atoms with Crippen LogP contribution in [-0.4, -0.2) is 18.1 Å². The molecule has 106 valence electrons. The molecule has 1 aromatic carbocycles. The molecule has 0 amide bonds. The normalized spacial score (nSPS) is 10.5. The van der Waals surface area contributed by atoms with Gasteiger partial charge in [0.15, 0.2) is 0 Å². The predicted molar refractivity (Wildman–Crippen MR) is 74.7 cm³/mol. The topological polar surface area (TPSA) is 72.3 Å². The molecule has 1 aromatic heterocycles. The molecule has 6 heteroatoms. The Kier molecular flexibility index (Phi) is 4.63. The van der Waals surface area contributed by atoms with Gasteiger partial charge in [0.25, 0.3) is 0 Å². The van der Waals surface area contributed by atoms with Gasteiger partial charge >= 0.3 is 11.7 Å². The molecule has 5 nitrogen and oxygen atoms in total. The number of nitrogens with one attached hydrogen (secondary N) is 1. The number of aromatic amines is 1. The third kappa shape index (κ3) is 3.51.